The van der Waals surface area contributed by atoms with Gasteiger partial charge in [0.05, 0.1) is 11.4 Å². The van der Waals surface area contributed by atoms with Crippen LogP contribution in [0.1, 0.15) is 23.6 Å². The van der Waals surface area contributed by atoms with E-state index in [0.717, 1.165) is 44.1 Å². The normalized spacial score (nSPS) is 17.9. The summed E-state index contributed by atoms with van der Waals surface area (Å²) in [5, 5.41) is 11.4. The van der Waals surface area contributed by atoms with Crippen LogP contribution in [0.3, 0.4) is 0 Å². The molecule has 0 bridgehead atoms. The number of ether oxygens (including phenoxy) is 1. The number of methoxy groups -OCH3 is 1. The molecule has 136 valence electrons. The van der Waals surface area contributed by atoms with E-state index in [0.29, 0.717) is 12.5 Å². The second-order valence-corrected chi connectivity index (χ2v) is 6.54. The van der Waals surface area contributed by atoms with Crippen molar-refractivity contribution >= 4 is 5.91 Å². The molecule has 0 spiro atoms. The Kier molecular flexibility index (Phi) is 5.83. The Morgan fingerprint density at radius 1 is 1.48 bits per heavy atom. The van der Waals surface area contributed by atoms with Crippen LogP contribution in [0.25, 0.3) is 0 Å². The van der Waals surface area contributed by atoms with E-state index >= 15 is 0 Å². The summed E-state index contributed by atoms with van der Waals surface area (Å²) in [6, 6.07) is 4.03. The van der Waals surface area contributed by atoms with Gasteiger partial charge in [0.1, 0.15) is 12.4 Å². The number of carbonyl (C=O) groups is 1. The highest BCUT2D eigenvalue weighted by atomic mass is 16.5. The molecule has 25 heavy (non-hydrogen) atoms. The first-order valence-corrected chi connectivity index (χ1v) is 8.55. The van der Waals surface area contributed by atoms with E-state index in [4.69, 9.17) is 9.26 Å². The first-order chi connectivity index (χ1) is 12.1. The van der Waals surface area contributed by atoms with E-state index in [1.807, 2.05) is 19.2 Å². The summed E-state index contributed by atoms with van der Waals surface area (Å²) >= 11 is 0. The molecule has 0 saturated heterocycles. The molecule has 2 aromatic heterocycles. The lowest BCUT2D eigenvalue weighted by Crippen LogP contribution is -2.32. The minimum absolute atomic E-state index is 0.0779. The third-order valence-corrected chi connectivity index (χ3v) is 4.35. The van der Waals surface area contributed by atoms with Crippen LogP contribution in [0, 0.1) is 12.8 Å². The number of nitrogens with one attached hydrogen (secondary N) is 1. The predicted octanol–water partition coefficient (Wildman–Crippen LogP) is 0.964. The van der Waals surface area contributed by atoms with Crippen LogP contribution < -0.4 is 5.32 Å². The van der Waals surface area contributed by atoms with Gasteiger partial charge in [-0.1, -0.05) is 5.16 Å². The van der Waals surface area contributed by atoms with Crippen LogP contribution in [0.15, 0.2) is 22.9 Å². The Balaban J connectivity index is 1.61. The summed E-state index contributed by atoms with van der Waals surface area (Å²) < 4.78 is 12.1. The lowest BCUT2D eigenvalue weighted by atomic mass is 10.1. The first kappa shape index (κ1) is 17.6. The lowest BCUT2D eigenvalue weighted by Gasteiger charge is -2.23. The van der Waals surface area contributed by atoms with Gasteiger partial charge in [0.2, 0.25) is 5.91 Å². The van der Waals surface area contributed by atoms with Crippen molar-refractivity contribution in [3.05, 3.63) is 35.5 Å². The SMILES string of the molecule is COCC(=O)NCCC1CN(Cc2cc(C)on2)Cc2ccnn2C1. The number of amides is 1. The Morgan fingerprint density at radius 3 is 3.12 bits per heavy atom. The maximum atomic E-state index is 11.5. The highest BCUT2D eigenvalue weighted by Crippen LogP contribution is 2.20. The van der Waals surface area contributed by atoms with Gasteiger partial charge in [-0.2, -0.15) is 5.10 Å². The molecule has 1 N–H and O–H groups in total. The third kappa shape index (κ3) is 4.90. The number of rotatable bonds is 7. The molecule has 3 heterocycles. The van der Waals surface area contributed by atoms with Crippen LogP contribution in [-0.2, 0) is 29.2 Å². The second kappa shape index (κ2) is 8.26. The number of aromatic nitrogens is 3. The van der Waals surface area contributed by atoms with Gasteiger partial charge in [-0.05, 0) is 25.3 Å². The average molecular weight is 347 g/mol. The van der Waals surface area contributed by atoms with E-state index in [2.05, 4.69) is 31.2 Å². The summed E-state index contributed by atoms with van der Waals surface area (Å²) in [6.07, 6.45) is 2.74. The van der Waals surface area contributed by atoms with Crippen LogP contribution in [-0.4, -0.2) is 52.6 Å². The summed E-state index contributed by atoms with van der Waals surface area (Å²) in [7, 11) is 1.52. The molecule has 1 unspecified atom stereocenters. The maximum absolute atomic E-state index is 11.5. The Labute approximate surface area is 147 Å². The monoisotopic (exact) mass is 347 g/mol. The predicted molar refractivity (Wildman–Crippen MR) is 90.6 cm³/mol. The largest absolute Gasteiger partial charge is 0.375 e. The van der Waals surface area contributed by atoms with Gasteiger partial charge < -0.3 is 14.6 Å². The third-order valence-electron chi connectivity index (χ3n) is 4.35. The van der Waals surface area contributed by atoms with E-state index < -0.39 is 0 Å². The molecule has 0 saturated carbocycles. The van der Waals surface area contributed by atoms with Crippen molar-refractivity contribution in [2.45, 2.75) is 33.0 Å². The van der Waals surface area contributed by atoms with Crippen molar-refractivity contribution in [1.82, 2.24) is 25.2 Å². The topological polar surface area (TPSA) is 85.4 Å². The van der Waals surface area contributed by atoms with E-state index in [-0.39, 0.29) is 12.5 Å². The molecule has 8 heteroatoms. The van der Waals surface area contributed by atoms with E-state index in [1.54, 1.807) is 0 Å². The molecule has 3 rings (SSSR count). The standard InChI is InChI=1S/C17H25N5O3/c1-13-7-15(20-25-13)10-21-8-14(3-5-18-17(23)12-24-2)9-22-16(11-21)4-6-19-22/h4,6-7,14H,3,5,8-12H2,1-2H3,(H,18,23). The molecule has 0 aliphatic carbocycles. The number of nitrogens with zero attached hydrogens (tertiary/aromatic N) is 4. The van der Waals surface area contributed by atoms with E-state index in [9.17, 15) is 4.79 Å². The molecule has 2 aromatic rings. The summed E-state index contributed by atoms with van der Waals surface area (Å²) in [5.74, 6) is 1.15. The average Bonchev–Trinajstić information content (AvgIpc) is 3.13. The fourth-order valence-electron chi connectivity index (χ4n) is 3.24. The zero-order chi connectivity index (χ0) is 17.6. The molecule has 8 nitrogen and oxygen atoms in total. The molecular formula is C17H25N5O3. The van der Waals surface area contributed by atoms with Crippen LogP contribution in [0.5, 0.6) is 0 Å². The van der Waals surface area contributed by atoms with Gasteiger partial charge in [0.25, 0.3) is 0 Å². The van der Waals surface area contributed by atoms with Crippen molar-refractivity contribution in [3.8, 4) is 0 Å². The van der Waals surface area contributed by atoms with Crippen molar-refractivity contribution in [2.24, 2.45) is 5.92 Å². The molecule has 1 aliphatic rings. The number of fused-ring (bicyclic) bond motifs is 1. The fourth-order valence-corrected chi connectivity index (χ4v) is 3.24. The number of carbonyl (C=O) groups excluding carboxylic acids is 1. The maximum Gasteiger partial charge on any atom is 0.245 e. The van der Waals surface area contributed by atoms with Crippen molar-refractivity contribution in [1.29, 1.82) is 0 Å². The zero-order valence-electron chi connectivity index (χ0n) is 14.8. The minimum Gasteiger partial charge on any atom is -0.375 e. The molecule has 1 amide bonds. The quantitative estimate of drug-likeness (QED) is 0.803. The highest BCUT2D eigenvalue weighted by molar-refractivity contribution is 5.77. The number of hydrogen-bond donors (Lipinski definition) is 1. The second-order valence-electron chi connectivity index (χ2n) is 6.54. The highest BCUT2D eigenvalue weighted by Gasteiger charge is 2.23. The van der Waals surface area contributed by atoms with Gasteiger partial charge >= 0.3 is 0 Å². The van der Waals surface area contributed by atoms with Crippen LogP contribution in [0.2, 0.25) is 0 Å². The smallest absolute Gasteiger partial charge is 0.245 e. The molecule has 0 radical (unpaired) electrons. The summed E-state index contributed by atoms with van der Waals surface area (Å²) in [4.78, 5) is 13.9. The fraction of sp³-hybridized carbons (Fsp3) is 0.588. The van der Waals surface area contributed by atoms with Gasteiger partial charge in [-0.3, -0.25) is 14.4 Å². The number of hydrogen-bond acceptors (Lipinski definition) is 6. The Morgan fingerprint density at radius 2 is 2.36 bits per heavy atom. The minimum atomic E-state index is -0.0779. The molecule has 1 atom stereocenters. The van der Waals surface area contributed by atoms with Crippen LogP contribution in [0.4, 0.5) is 0 Å². The van der Waals surface area contributed by atoms with Crippen molar-refractivity contribution in [2.75, 3.05) is 26.8 Å². The van der Waals surface area contributed by atoms with Gasteiger partial charge in [-0.15, -0.1) is 0 Å². The van der Waals surface area contributed by atoms with Crippen LogP contribution >= 0.6 is 0 Å². The Hall–Kier alpha value is -2.19. The lowest BCUT2D eigenvalue weighted by molar-refractivity contribution is -0.124. The first-order valence-electron chi connectivity index (χ1n) is 8.55. The number of aryl methyl sites for hydroxylation is 1. The molecule has 1 aliphatic heterocycles. The molecule has 0 aromatic carbocycles. The molecular weight excluding hydrogens is 322 g/mol. The van der Waals surface area contributed by atoms with Gasteiger partial charge in [-0.25, -0.2) is 0 Å². The summed E-state index contributed by atoms with van der Waals surface area (Å²) in [5.41, 5.74) is 2.14. The Bertz CT molecular complexity index is 696. The van der Waals surface area contributed by atoms with Gasteiger partial charge in [0, 0.05) is 52.1 Å². The van der Waals surface area contributed by atoms with Crippen molar-refractivity contribution < 1.29 is 14.1 Å². The van der Waals surface area contributed by atoms with Gasteiger partial charge in [0.15, 0.2) is 0 Å². The van der Waals surface area contributed by atoms with Crippen molar-refractivity contribution in [3.63, 3.8) is 0 Å². The summed E-state index contributed by atoms with van der Waals surface area (Å²) in [6.45, 7) is 6.01. The molecule has 0 fully saturated rings. The van der Waals surface area contributed by atoms with E-state index in [1.165, 1.54) is 12.8 Å². The zero-order valence-corrected chi connectivity index (χ0v) is 14.8.